The number of carbonyl (C=O) groups is 1. The number of aliphatic hydroxyl groups excluding tert-OH is 1. The van der Waals surface area contributed by atoms with Crippen molar-refractivity contribution in [3.63, 3.8) is 0 Å². The lowest BCUT2D eigenvalue weighted by atomic mass is 10.1. The summed E-state index contributed by atoms with van der Waals surface area (Å²) in [5.74, 6) is -0.194. The number of hydrogen-bond acceptors (Lipinski definition) is 3. The van der Waals surface area contributed by atoms with E-state index in [9.17, 15) is 14.3 Å². The molecule has 1 aliphatic rings. The summed E-state index contributed by atoms with van der Waals surface area (Å²) in [6.45, 7) is 1.31. The third kappa shape index (κ3) is 3.79. The topological polar surface area (TPSA) is 40.5 Å². The molecule has 5 heteroatoms. The molecule has 126 valence electrons. The van der Waals surface area contributed by atoms with Gasteiger partial charge in [-0.25, -0.2) is 4.39 Å². The molecule has 2 aromatic rings. The van der Waals surface area contributed by atoms with Crippen molar-refractivity contribution in [2.24, 2.45) is 5.92 Å². The predicted molar refractivity (Wildman–Crippen MR) is 93.2 cm³/mol. The first kappa shape index (κ1) is 17.0. The molecule has 0 bridgehead atoms. The van der Waals surface area contributed by atoms with Gasteiger partial charge in [-0.3, -0.25) is 4.79 Å². The number of hydrogen-bond donors (Lipinski definition) is 1. The summed E-state index contributed by atoms with van der Waals surface area (Å²) in [7, 11) is 0. The molecule has 2 aromatic carbocycles. The number of halogens is 1. The van der Waals surface area contributed by atoms with Gasteiger partial charge in [-0.15, -0.1) is 11.8 Å². The maximum atomic E-state index is 14.0. The van der Waals surface area contributed by atoms with Gasteiger partial charge in [-0.05, 0) is 24.1 Å². The van der Waals surface area contributed by atoms with Crippen LogP contribution in [-0.2, 0) is 4.79 Å². The second-order valence-electron chi connectivity index (χ2n) is 5.96. The van der Waals surface area contributed by atoms with Crippen LogP contribution in [0.15, 0.2) is 59.5 Å². The van der Waals surface area contributed by atoms with Crippen LogP contribution in [0.1, 0.15) is 17.2 Å². The molecule has 0 aromatic heterocycles. The number of amides is 1. The molecule has 2 unspecified atom stereocenters. The summed E-state index contributed by atoms with van der Waals surface area (Å²) in [4.78, 5) is 15.3. The predicted octanol–water partition coefficient (Wildman–Crippen LogP) is 3.50. The Morgan fingerprint density at radius 3 is 2.58 bits per heavy atom. The van der Waals surface area contributed by atoms with Gasteiger partial charge in [-0.2, -0.15) is 0 Å². The smallest absolute Gasteiger partial charge is 0.240 e. The lowest BCUT2D eigenvalue weighted by molar-refractivity contribution is -0.129. The van der Waals surface area contributed by atoms with E-state index in [1.165, 1.54) is 17.8 Å². The van der Waals surface area contributed by atoms with Gasteiger partial charge < -0.3 is 10.0 Å². The molecule has 0 saturated carbocycles. The van der Waals surface area contributed by atoms with Crippen LogP contribution in [0, 0.1) is 11.7 Å². The van der Waals surface area contributed by atoms with Crippen LogP contribution in [0.2, 0.25) is 0 Å². The van der Waals surface area contributed by atoms with Gasteiger partial charge in [0.05, 0.1) is 0 Å². The molecule has 24 heavy (non-hydrogen) atoms. The van der Waals surface area contributed by atoms with E-state index in [4.69, 9.17) is 0 Å². The Kier molecular flexibility index (Phi) is 5.53. The van der Waals surface area contributed by atoms with E-state index in [2.05, 4.69) is 0 Å². The molecule has 1 fully saturated rings. The summed E-state index contributed by atoms with van der Waals surface area (Å²) in [6.07, 6.45) is 0.814. The Balaban J connectivity index is 1.85. The van der Waals surface area contributed by atoms with Crippen molar-refractivity contribution in [2.45, 2.75) is 16.6 Å². The molecule has 1 saturated heterocycles. The molecule has 0 spiro atoms. The van der Waals surface area contributed by atoms with Gasteiger partial charge in [0.1, 0.15) is 11.1 Å². The molecular formula is C19H20FNO2S. The number of thioether (sulfide) groups is 1. The molecule has 3 rings (SSSR count). The third-order valence-electron chi connectivity index (χ3n) is 4.26. The molecule has 2 atom stereocenters. The van der Waals surface area contributed by atoms with Crippen molar-refractivity contribution in [1.82, 2.24) is 4.90 Å². The molecule has 0 aliphatic carbocycles. The van der Waals surface area contributed by atoms with E-state index in [1.807, 2.05) is 30.3 Å². The molecule has 0 radical (unpaired) electrons. The lowest BCUT2D eigenvalue weighted by Gasteiger charge is -2.23. The van der Waals surface area contributed by atoms with Gasteiger partial charge >= 0.3 is 0 Å². The van der Waals surface area contributed by atoms with Crippen LogP contribution in [0.5, 0.6) is 0 Å². The van der Waals surface area contributed by atoms with Gasteiger partial charge in [0, 0.05) is 30.5 Å². The third-order valence-corrected chi connectivity index (χ3v) is 5.56. The number of nitrogens with zero attached hydrogens (tertiary/aromatic N) is 1. The number of carbonyl (C=O) groups excluding carboxylic acids is 1. The molecule has 1 N–H and O–H groups in total. The molecule has 1 aliphatic heterocycles. The first-order valence-electron chi connectivity index (χ1n) is 8.05. The highest BCUT2D eigenvalue weighted by atomic mass is 32.2. The average Bonchev–Trinajstić information content (AvgIpc) is 3.10. The van der Waals surface area contributed by atoms with E-state index in [0.29, 0.717) is 18.0 Å². The number of rotatable bonds is 5. The fourth-order valence-corrected chi connectivity index (χ4v) is 4.04. The Morgan fingerprint density at radius 1 is 1.21 bits per heavy atom. The van der Waals surface area contributed by atoms with E-state index in [1.54, 1.807) is 23.1 Å². The summed E-state index contributed by atoms with van der Waals surface area (Å²) in [5, 5.41) is 8.81. The summed E-state index contributed by atoms with van der Waals surface area (Å²) in [6, 6.07) is 16.0. The normalized spacial score (nSPS) is 18.6. The van der Waals surface area contributed by atoms with Crippen LogP contribution >= 0.6 is 11.8 Å². The average molecular weight is 345 g/mol. The van der Waals surface area contributed by atoms with Gasteiger partial charge in [0.2, 0.25) is 5.91 Å². The van der Waals surface area contributed by atoms with Crippen LogP contribution in [-0.4, -0.2) is 35.6 Å². The zero-order valence-electron chi connectivity index (χ0n) is 13.3. The highest BCUT2D eigenvalue weighted by Crippen LogP contribution is 2.38. The maximum absolute atomic E-state index is 14.0. The van der Waals surface area contributed by atoms with Crippen molar-refractivity contribution < 1.29 is 14.3 Å². The SMILES string of the molecule is O=C(C(Sc1ccccc1F)c1ccccc1)N1CCC(CO)C1. The summed E-state index contributed by atoms with van der Waals surface area (Å²) < 4.78 is 14.0. The highest BCUT2D eigenvalue weighted by Gasteiger charge is 2.32. The van der Waals surface area contributed by atoms with Crippen LogP contribution in [0.4, 0.5) is 4.39 Å². The van der Waals surface area contributed by atoms with Crippen LogP contribution in [0.3, 0.4) is 0 Å². The Bertz CT molecular complexity index is 695. The standard InChI is InChI=1S/C19H20FNO2S/c20-16-8-4-5-9-17(16)24-18(15-6-2-1-3-7-15)19(23)21-11-10-14(12-21)13-22/h1-9,14,18,22H,10-13H2. The first-order valence-corrected chi connectivity index (χ1v) is 8.93. The van der Waals surface area contributed by atoms with Crippen molar-refractivity contribution in [2.75, 3.05) is 19.7 Å². The van der Waals surface area contributed by atoms with Crippen molar-refractivity contribution >= 4 is 17.7 Å². The number of likely N-dealkylation sites (tertiary alicyclic amines) is 1. The number of aliphatic hydroxyl groups is 1. The second-order valence-corrected chi connectivity index (χ2v) is 7.11. The molecule has 1 amide bonds. The minimum atomic E-state index is -0.486. The van der Waals surface area contributed by atoms with Crippen molar-refractivity contribution in [3.8, 4) is 0 Å². The quantitative estimate of drug-likeness (QED) is 0.843. The van der Waals surface area contributed by atoms with Crippen LogP contribution < -0.4 is 0 Å². The Hall–Kier alpha value is -1.85. The minimum absolute atomic E-state index is 0.0228. The van der Waals surface area contributed by atoms with Gasteiger partial charge in [-0.1, -0.05) is 42.5 Å². The largest absolute Gasteiger partial charge is 0.396 e. The number of benzene rings is 2. The fourth-order valence-electron chi connectivity index (χ4n) is 2.90. The van der Waals surface area contributed by atoms with E-state index in [0.717, 1.165) is 12.0 Å². The summed E-state index contributed by atoms with van der Waals surface area (Å²) >= 11 is 1.24. The molecule has 3 nitrogen and oxygen atoms in total. The van der Waals surface area contributed by atoms with Gasteiger partial charge in [0.25, 0.3) is 0 Å². The van der Waals surface area contributed by atoms with Gasteiger partial charge in [0.15, 0.2) is 0 Å². The summed E-state index contributed by atoms with van der Waals surface area (Å²) in [5.41, 5.74) is 0.864. The fraction of sp³-hybridized carbons (Fsp3) is 0.316. The molecule has 1 heterocycles. The van der Waals surface area contributed by atoms with E-state index in [-0.39, 0.29) is 24.2 Å². The Labute approximate surface area is 145 Å². The Morgan fingerprint density at radius 2 is 1.92 bits per heavy atom. The second kappa shape index (κ2) is 7.81. The lowest BCUT2D eigenvalue weighted by Crippen LogP contribution is -2.32. The zero-order chi connectivity index (χ0) is 16.9. The highest BCUT2D eigenvalue weighted by molar-refractivity contribution is 8.00. The van der Waals surface area contributed by atoms with Crippen molar-refractivity contribution in [3.05, 3.63) is 66.0 Å². The van der Waals surface area contributed by atoms with Crippen LogP contribution in [0.25, 0.3) is 0 Å². The zero-order valence-corrected chi connectivity index (χ0v) is 14.1. The first-order chi connectivity index (χ1) is 11.7. The van der Waals surface area contributed by atoms with E-state index >= 15 is 0 Å². The van der Waals surface area contributed by atoms with Crippen molar-refractivity contribution in [1.29, 1.82) is 0 Å². The monoisotopic (exact) mass is 345 g/mol. The van der Waals surface area contributed by atoms with E-state index < -0.39 is 5.25 Å². The maximum Gasteiger partial charge on any atom is 0.240 e. The minimum Gasteiger partial charge on any atom is -0.396 e. The molecular weight excluding hydrogens is 325 g/mol.